The Labute approximate surface area is 104 Å². The van der Waals surface area contributed by atoms with Crippen molar-refractivity contribution in [2.45, 2.75) is 27.3 Å². The van der Waals surface area contributed by atoms with Crippen molar-refractivity contribution in [2.75, 3.05) is 25.0 Å². The third-order valence-electron chi connectivity index (χ3n) is 2.66. The predicted molar refractivity (Wildman–Crippen MR) is 71.9 cm³/mol. The van der Waals surface area contributed by atoms with Gasteiger partial charge < -0.3 is 10.2 Å². The van der Waals surface area contributed by atoms with E-state index >= 15 is 0 Å². The molecule has 1 aromatic rings. The number of rotatable bonds is 6. The first-order chi connectivity index (χ1) is 8.06. The van der Waals surface area contributed by atoms with E-state index < -0.39 is 0 Å². The molecule has 0 aliphatic carbocycles. The monoisotopic (exact) mass is 238 g/mol. The Morgan fingerprint density at radius 1 is 1.35 bits per heavy atom. The van der Waals surface area contributed by atoms with Gasteiger partial charge in [0.2, 0.25) is 0 Å². The Morgan fingerprint density at radius 2 is 2.06 bits per heavy atom. The van der Waals surface area contributed by atoms with Gasteiger partial charge in [0.15, 0.2) is 0 Å². The first kappa shape index (κ1) is 14.0. The van der Waals surface area contributed by atoms with E-state index in [1.807, 2.05) is 18.0 Å². The molecule has 0 saturated carbocycles. The standard InChI is InChI=1S/C14H23FN2/c1-5-16-9-12-7-6-8-13(15)14(12)17(4)10-11(2)3/h6-8,11,16H,5,9-10H2,1-4H3. The second-order valence-electron chi connectivity index (χ2n) is 4.80. The molecule has 0 aliphatic heterocycles. The summed E-state index contributed by atoms with van der Waals surface area (Å²) in [7, 11) is 1.95. The highest BCUT2D eigenvalue weighted by atomic mass is 19.1. The van der Waals surface area contributed by atoms with Crippen molar-refractivity contribution in [3.63, 3.8) is 0 Å². The van der Waals surface area contributed by atoms with E-state index in [-0.39, 0.29) is 5.82 Å². The third kappa shape index (κ3) is 4.00. The Balaban J connectivity index is 2.93. The van der Waals surface area contributed by atoms with Crippen LogP contribution in [0.2, 0.25) is 0 Å². The Kier molecular flexibility index (Phi) is 5.42. The highest BCUT2D eigenvalue weighted by molar-refractivity contribution is 5.54. The Morgan fingerprint density at radius 3 is 2.65 bits per heavy atom. The molecule has 0 fully saturated rings. The smallest absolute Gasteiger partial charge is 0.146 e. The van der Waals surface area contributed by atoms with Gasteiger partial charge in [0.25, 0.3) is 0 Å². The van der Waals surface area contributed by atoms with Crippen molar-refractivity contribution in [1.29, 1.82) is 0 Å². The zero-order valence-corrected chi connectivity index (χ0v) is 11.3. The molecular weight excluding hydrogens is 215 g/mol. The van der Waals surface area contributed by atoms with Gasteiger partial charge in [0, 0.05) is 20.1 Å². The number of halogens is 1. The predicted octanol–water partition coefficient (Wildman–Crippen LogP) is 3.03. The molecule has 17 heavy (non-hydrogen) atoms. The molecule has 0 amide bonds. The van der Waals surface area contributed by atoms with Crippen molar-refractivity contribution >= 4 is 5.69 Å². The molecule has 0 saturated heterocycles. The third-order valence-corrected chi connectivity index (χ3v) is 2.66. The molecular formula is C14H23FN2. The maximum Gasteiger partial charge on any atom is 0.146 e. The number of benzene rings is 1. The van der Waals surface area contributed by atoms with Crippen molar-refractivity contribution in [3.05, 3.63) is 29.6 Å². The summed E-state index contributed by atoms with van der Waals surface area (Å²) < 4.78 is 13.9. The second kappa shape index (κ2) is 6.60. The summed E-state index contributed by atoms with van der Waals surface area (Å²) in [4.78, 5) is 2.01. The molecule has 1 N–H and O–H groups in total. The second-order valence-corrected chi connectivity index (χ2v) is 4.80. The molecule has 0 heterocycles. The van der Waals surface area contributed by atoms with Gasteiger partial charge in [-0.05, 0) is 24.1 Å². The summed E-state index contributed by atoms with van der Waals surface area (Å²) in [6, 6.07) is 5.29. The zero-order valence-electron chi connectivity index (χ0n) is 11.3. The molecule has 0 atom stereocenters. The fourth-order valence-electron chi connectivity index (χ4n) is 2.03. The molecule has 0 radical (unpaired) electrons. The lowest BCUT2D eigenvalue weighted by molar-refractivity contribution is 0.593. The first-order valence-electron chi connectivity index (χ1n) is 6.25. The van der Waals surface area contributed by atoms with Gasteiger partial charge in [0.05, 0.1) is 5.69 Å². The van der Waals surface area contributed by atoms with Gasteiger partial charge in [0.1, 0.15) is 5.82 Å². The van der Waals surface area contributed by atoms with Crippen molar-refractivity contribution in [2.24, 2.45) is 5.92 Å². The van der Waals surface area contributed by atoms with Crippen LogP contribution in [-0.2, 0) is 6.54 Å². The summed E-state index contributed by atoms with van der Waals surface area (Å²) >= 11 is 0. The molecule has 0 unspecified atom stereocenters. The van der Waals surface area contributed by atoms with Gasteiger partial charge in [-0.2, -0.15) is 0 Å². The largest absolute Gasteiger partial charge is 0.372 e. The number of anilines is 1. The molecule has 0 aromatic heterocycles. The van der Waals surface area contributed by atoms with Crippen LogP contribution in [0.1, 0.15) is 26.3 Å². The highest BCUT2D eigenvalue weighted by Gasteiger charge is 2.13. The number of para-hydroxylation sites is 1. The highest BCUT2D eigenvalue weighted by Crippen LogP contribution is 2.24. The molecule has 96 valence electrons. The van der Waals surface area contributed by atoms with Gasteiger partial charge in [-0.15, -0.1) is 0 Å². The average molecular weight is 238 g/mol. The lowest BCUT2D eigenvalue weighted by atomic mass is 10.1. The van der Waals surface area contributed by atoms with Crippen LogP contribution in [0.4, 0.5) is 10.1 Å². The van der Waals surface area contributed by atoms with Crippen LogP contribution < -0.4 is 10.2 Å². The van der Waals surface area contributed by atoms with Crippen LogP contribution in [0.15, 0.2) is 18.2 Å². The van der Waals surface area contributed by atoms with Crippen LogP contribution >= 0.6 is 0 Å². The average Bonchev–Trinajstić information content (AvgIpc) is 2.25. The normalized spacial score (nSPS) is 10.9. The number of nitrogens with one attached hydrogen (secondary N) is 1. The minimum atomic E-state index is -0.136. The van der Waals surface area contributed by atoms with Gasteiger partial charge in [-0.3, -0.25) is 0 Å². The van der Waals surface area contributed by atoms with Gasteiger partial charge in [-0.25, -0.2) is 4.39 Å². The summed E-state index contributed by atoms with van der Waals surface area (Å²) in [5, 5.41) is 3.25. The SMILES string of the molecule is CCNCc1cccc(F)c1N(C)CC(C)C. The fraction of sp³-hybridized carbons (Fsp3) is 0.571. The minimum absolute atomic E-state index is 0.136. The van der Waals surface area contributed by atoms with Crippen LogP contribution in [0.25, 0.3) is 0 Å². The molecule has 2 nitrogen and oxygen atoms in total. The molecule has 0 spiro atoms. The summed E-state index contributed by atoms with van der Waals surface area (Å²) in [6.45, 7) is 8.80. The number of nitrogens with zero attached hydrogens (tertiary/aromatic N) is 1. The van der Waals surface area contributed by atoms with Crippen molar-refractivity contribution < 1.29 is 4.39 Å². The lowest BCUT2D eigenvalue weighted by Crippen LogP contribution is -2.26. The Hall–Kier alpha value is -1.09. The van der Waals surface area contributed by atoms with Crippen molar-refractivity contribution in [3.8, 4) is 0 Å². The van der Waals surface area contributed by atoms with Crippen LogP contribution in [-0.4, -0.2) is 20.1 Å². The van der Waals surface area contributed by atoms with Gasteiger partial charge in [-0.1, -0.05) is 32.9 Å². The topological polar surface area (TPSA) is 15.3 Å². The van der Waals surface area contributed by atoms with E-state index in [1.54, 1.807) is 6.07 Å². The van der Waals surface area contributed by atoms with Gasteiger partial charge >= 0.3 is 0 Å². The van der Waals surface area contributed by atoms with Crippen molar-refractivity contribution in [1.82, 2.24) is 5.32 Å². The first-order valence-corrected chi connectivity index (χ1v) is 6.25. The maximum atomic E-state index is 13.9. The summed E-state index contributed by atoms with van der Waals surface area (Å²) in [5.74, 6) is 0.384. The Bertz CT molecular complexity index is 350. The van der Waals surface area contributed by atoms with E-state index in [1.165, 1.54) is 6.07 Å². The quantitative estimate of drug-likeness (QED) is 0.819. The summed E-state index contributed by atoms with van der Waals surface area (Å²) in [5.41, 5.74) is 1.75. The maximum absolute atomic E-state index is 13.9. The molecule has 0 bridgehead atoms. The minimum Gasteiger partial charge on any atom is -0.372 e. The van der Waals surface area contributed by atoms with E-state index in [0.29, 0.717) is 12.5 Å². The van der Waals surface area contributed by atoms with Crippen LogP contribution in [0, 0.1) is 11.7 Å². The molecule has 1 aromatic carbocycles. The molecule has 3 heteroatoms. The van der Waals surface area contributed by atoms with Crippen LogP contribution in [0.3, 0.4) is 0 Å². The number of hydrogen-bond donors (Lipinski definition) is 1. The zero-order chi connectivity index (χ0) is 12.8. The van der Waals surface area contributed by atoms with E-state index in [9.17, 15) is 4.39 Å². The lowest BCUT2D eigenvalue weighted by Gasteiger charge is -2.25. The van der Waals surface area contributed by atoms with E-state index in [0.717, 1.165) is 24.3 Å². The number of hydrogen-bond acceptors (Lipinski definition) is 2. The summed E-state index contributed by atoms with van der Waals surface area (Å²) in [6.07, 6.45) is 0. The fourth-order valence-corrected chi connectivity index (χ4v) is 2.03. The van der Waals surface area contributed by atoms with Crippen LogP contribution in [0.5, 0.6) is 0 Å². The molecule has 1 rings (SSSR count). The van der Waals surface area contributed by atoms with E-state index in [4.69, 9.17) is 0 Å². The van der Waals surface area contributed by atoms with E-state index in [2.05, 4.69) is 26.1 Å². The molecule has 0 aliphatic rings.